The summed E-state index contributed by atoms with van der Waals surface area (Å²) in [5.74, 6) is 0. The van der Waals surface area contributed by atoms with Gasteiger partial charge < -0.3 is 15.5 Å². The summed E-state index contributed by atoms with van der Waals surface area (Å²) in [5, 5.41) is 9.10. The van der Waals surface area contributed by atoms with Crippen molar-refractivity contribution >= 4 is 74.6 Å². The Bertz CT molecular complexity index is 1680. The predicted octanol–water partition coefficient (Wildman–Crippen LogP) is 12.2. The molecule has 0 bridgehead atoms. The maximum Gasteiger partial charge on any atom is 0.0697 e. The van der Waals surface area contributed by atoms with E-state index in [0.29, 0.717) is 0 Å². The van der Waals surface area contributed by atoms with Crippen LogP contribution in [0.25, 0.3) is 0 Å². The molecule has 0 atom stereocenters. The Morgan fingerprint density at radius 2 is 0.744 bits per heavy atom. The van der Waals surface area contributed by atoms with E-state index in [0.717, 1.165) is 49.9 Å². The lowest BCUT2D eigenvalue weighted by Crippen LogP contribution is -2.17. The Balaban J connectivity index is 0.000000128. The van der Waals surface area contributed by atoms with Crippen molar-refractivity contribution < 1.29 is 0 Å². The van der Waals surface area contributed by atoms with Gasteiger partial charge in [-0.25, -0.2) is 0 Å². The molecule has 0 aliphatic carbocycles. The van der Waals surface area contributed by atoms with Gasteiger partial charge in [0.1, 0.15) is 0 Å². The van der Waals surface area contributed by atoms with Gasteiger partial charge in [-0.1, -0.05) is 95.5 Å². The minimum absolute atomic E-state index is 0.717. The van der Waals surface area contributed by atoms with Gasteiger partial charge in [0.15, 0.2) is 0 Å². The van der Waals surface area contributed by atoms with Gasteiger partial charge in [-0.15, -0.1) is 0 Å². The number of hydrogen-bond acceptors (Lipinski definition) is 3. The molecule has 2 aliphatic rings. The Hall–Kier alpha value is -4.41. The molecular formula is C37H28Cl3N3. The average molecular weight is 621 g/mol. The lowest BCUT2D eigenvalue weighted by atomic mass is 9.98. The number of rotatable bonds is 1. The van der Waals surface area contributed by atoms with E-state index in [1.807, 2.05) is 36.4 Å². The molecule has 0 spiro atoms. The lowest BCUT2D eigenvalue weighted by molar-refractivity contribution is 1.16. The fourth-order valence-electron chi connectivity index (χ4n) is 5.06. The second-order valence-corrected chi connectivity index (χ2v) is 11.3. The van der Waals surface area contributed by atoms with Gasteiger partial charge in [0.05, 0.1) is 22.7 Å². The Labute approximate surface area is 267 Å². The third-order valence-corrected chi connectivity index (χ3v) is 7.89. The van der Waals surface area contributed by atoms with Crippen molar-refractivity contribution in [3.05, 3.63) is 172 Å². The zero-order chi connectivity index (χ0) is 29.6. The largest absolute Gasteiger partial charge is 0.355 e. The zero-order valence-electron chi connectivity index (χ0n) is 23.1. The SMILES string of the molecule is Clc1ccc(Cl)cc1.Clc1ccc(N2c3ccccc3Nc3ccccc32)cc1.c1ccc2c(c1)Cc1ccccc1N2. The molecule has 0 aromatic heterocycles. The standard InChI is InChI=1S/C18H13ClN2.C13H11N.C6H4Cl2/c19-13-9-11-14(12-10-13)21-17-7-3-1-5-15(17)20-16-6-2-4-8-18(16)21;1-3-7-12-10(5-1)9-11-6-2-4-8-13(11)14-12;7-5-1-2-6(8)4-3-5/h1-12,20H;1-8,14H,9H2;1-4H. The topological polar surface area (TPSA) is 27.3 Å². The van der Waals surface area contributed by atoms with Crippen LogP contribution in [0.1, 0.15) is 11.1 Å². The molecule has 212 valence electrons. The van der Waals surface area contributed by atoms with Crippen LogP contribution in [0.3, 0.4) is 0 Å². The van der Waals surface area contributed by atoms with E-state index in [2.05, 4.69) is 100 Å². The summed E-state index contributed by atoms with van der Waals surface area (Å²) in [6, 6.07) is 48.5. The van der Waals surface area contributed by atoms with E-state index in [1.54, 1.807) is 24.3 Å². The number of nitrogens with one attached hydrogen (secondary N) is 2. The third kappa shape index (κ3) is 6.81. The van der Waals surface area contributed by atoms with Crippen LogP contribution >= 0.6 is 34.8 Å². The van der Waals surface area contributed by atoms with Gasteiger partial charge in [-0.3, -0.25) is 0 Å². The molecule has 43 heavy (non-hydrogen) atoms. The Kier molecular flexibility index (Phi) is 8.85. The number of para-hydroxylation sites is 6. The molecule has 2 N–H and O–H groups in total. The minimum atomic E-state index is 0.717. The molecule has 0 saturated heterocycles. The number of benzene rings is 6. The number of hydrogen-bond donors (Lipinski definition) is 2. The molecular weight excluding hydrogens is 593 g/mol. The summed E-state index contributed by atoms with van der Waals surface area (Å²) in [6.07, 6.45) is 1.04. The van der Waals surface area contributed by atoms with Gasteiger partial charge in [0.2, 0.25) is 0 Å². The predicted molar refractivity (Wildman–Crippen MR) is 185 cm³/mol. The second kappa shape index (κ2) is 13.3. The van der Waals surface area contributed by atoms with Crippen molar-refractivity contribution in [2.45, 2.75) is 6.42 Å². The quantitative estimate of drug-likeness (QED) is 0.191. The van der Waals surface area contributed by atoms with Gasteiger partial charge >= 0.3 is 0 Å². The van der Waals surface area contributed by atoms with Crippen LogP contribution in [0.5, 0.6) is 0 Å². The van der Waals surface area contributed by atoms with Gasteiger partial charge in [0, 0.05) is 38.6 Å². The highest BCUT2D eigenvalue weighted by atomic mass is 35.5. The van der Waals surface area contributed by atoms with Crippen LogP contribution in [0.15, 0.2) is 146 Å². The second-order valence-electron chi connectivity index (χ2n) is 10.0. The monoisotopic (exact) mass is 619 g/mol. The lowest BCUT2D eigenvalue weighted by Gasteiger charge is -2.33. The van der Waals surface area contributed by atoms with E-state index >= 15 is 0 Å². The highest BCUT2D eigenvalue weighted by molar-refractivity contribution is 6.32. The van der Waals surface area contributed by atoms with Crippen LogP contribution in [0.4, 0.5) is 39.8 Å². The van der Waals surface area contributed by atoms with Gasteiger partial charge in [-0.05, 0) is 96.1 Å². The Morgan fingerprint density at radius 1 is 0.395 bits per heavy atom. The molecule has 6 heteroatoms. The first-order valence-electron chi connectivity index (χ1n) is 13.9. The molecule has 2 heterocycles. The maximum atomic E-state index is 6.02. The van der Waals surface area contributed by atoms with Crippen LogP contribution < -0.4 is 15.5 Å². The maximum absolute atomic E-state index is 6.02. The first-order chi connectivity index (χ1) is 21.0. The molecule has 0 unspecified atom stereocenters. The number of halogens is 3. The van der Waals surface area contributed by atoms with Crippen molar-refractivity contribution in [1.82, 2.24) is 0 Å². The van der Waals surface area contributed by atoms with Crippen molar-refractivity contribution in [1.29, 1.82) is 0 Å². The van der Waals surface area contributed by atoms with Crippen LogP contribution in [-0.4, -0.2) is 0 Å². The molecule has 0 fully saturated rings. The van der Waals surface area contributed by atoms with E-state index in [4.69, 9.17) is 34.8 Å². The minimum Gasteiger partial charge on any atom is -0.355 e. The van der Waals surface area contributed by atoms with Gasteiger partial charge in [-0.2, -0.15) is 0 Å². The molecule has 0 saturated carbocycles. The summed E-state index contributed by atoms with van der Waals surface area (Å²) < 4.78 is 0. The molecule has 2 aliphatic heterocycles. The Morgan fingerprint density at radius 3 is 1.21 bits per heavy atom. The summed E-state index contributed by atoms with van der Waals surface area (Å²) in [7, 11) is 0. The van der Waals surface area contributed by atoms with Crippen molar-refractivity contribution in [3.8, 4) is 0 Å². The fraction of sp³-hybridized carbons (Fsp3) is 0.0270. The highest BCUT2D eigenvalue weighted by Gasteiger charge is 2.23. The third-order valence-electron chi connectivity index (χ3n) is 7.13. The van der Waals surface area contributed by atoms with E-state index in [1.165, 1.54) is 22.5 Å². The van der Waals surface area contributed by atoms with Crippen molar-refractivity contribution in [2.75, 3.05) is 15.5 Å². The molecule has 0 amide bonds. The van der Waals surface area contributed by atoms with Crippen LogP contribution in [0, 0.1) is 0 Å². The molecule has 6 aromatic carbocycles. The average Bonchev–Trinajstić information content (AvgIpc) is 3.05. The number of fused-ring (bicyclic) bond motifs is 4. The fourth-order valence-corrected chi connectivity index (χ4v) is 5.44. The van der Waals surface area contributed by atoms with E-state index in [-0.39, 0.29) is 0 Å². The van der Waals surface area contributed by atoms with E-state index < -0.39 is 0 Å². The number of nitrogens with zero attached hydrogens (tertiary/aromatic N) is 1. The number of anilines is 7. The molecule has 3 nitrogen and oxygen atoms in total. The van der Waals surface area contributed by atoms with Crippen LogP contribution in [0.2, 0.25) is 15.1 Å². The summed E-state index contributed by atoms with van der Waals surface area (Å²) in [5.41, 5.74) is 10.8. The molecule has 0 radical (unpaired) electrons. The summed E-state index contributed by atoms with van der Waals surface area (Å²) in [6.45, 7) is 0. The summed E-state index contributed by atoms with van der Waals surface area (Å²) >= 11 is 17.1. The van der Waals surface area contributed by atoms with E-state index in [9.17, 15) is 0 Å². The normalized spacial score (nSPS) is 11.8. The van der Waals surface area contributed by atoms with Crippen molar-refractivity contribution in [2.24, 2.45) is 0 Å². The van der Waals surface area contributed by atoms with Crippen molar-refractivity contribution in [3.63, 3.8) is 0 Å². The highest BCUT2D eigenvalue weighted by Crippen LogP contribution is 2.47. The first kappa shape index (κ1) is 28.7. The molecule has 8 rings (SSSR count). The first-order valence-corrected chi connectivity index (χ1v) is 15.0. The molecule has 6 aromatic rings. The summed E-state index contributed by atoms with van der Waals surface area (Å²) in [4.78, 5) is 2.25. The smallest absolute Gasteiger partial charge is 0.0697 e. The van der Waals surface area contributed by atoms with Gasteiger partial charge in [0.25, 0.3) is 0 Å². The zero-order valence-corrected chi connectivity index (χ0v) is 25.4. The van der Waals surface area contributed by atoms with Crippen LogP contribution in [-0.2, 0) is 6.42 Å².